The third kappa shape index (κ3) is 4.86. The van der Waals surface area contributed by atoms with Gasteiger partial charge in [0.2, 0.25) is 11.8 Å². The molecule has 0 fully saturated rings. The van der Waals surface area contributed by atoms with Crippen molar-refractivity contribution < 1.29 is 18.7 Å². The first-order valence-electron chi connectivity index (χ1n) is 8.34. The minimum absolute atomic E-state index is 0.0348. The van der Waals surface area contributed by atoms with Crippen LogP contribution in [-0.4, -0.2) is 35.0 Å². The van der Waals surface area contributed by atoms with Crippen molar-refractivity contribution in [2.45, 2.75) is 6.42 Å². The van der Waals surface area contributed by atoms with Gasteiger partial charge in [0.15, 0.2) is 0 Å². The molecule has 0 radical (unpaired) electrons. The lowest BCUT2D eigenvalue weighted by molar-refractivity contribution is -0.115. The molecule has 3 rings (SSSR count). The summed E-state index contributed by atoms with van der Waals surface area (Å²) in [6.45, 7) is 0. The SMILES string of the molecule is COc1ccc(-c2nnc(NC(=O)c3cccc(NC(=O)CCCl)c3)o2)cc1. The Bertz CT molecular complexity index is 972. The highest BCUT2D eigenvalue weighted by atomic mass is 35.5. The third-order valence-electron chi connectivity index (χ3n) is 3.71. The summed E-state index contributed by atoms with van der Waals surface area (Å²) in [5, 5.41) is 13.0. The van der Waals surface area contributed by atoms with Gasteiger partial charge in [0.1, 0.15) is 5.75 Å². The zero-order chi connectivity index (χ0) is 19.9. The van der Waals surface area contributed by atoms with E-state index < -0.39 is 5.91 Å². The van der Waals surface area contributed by atoms with Gasteiger partial charge in [-0.2, -0.15) is 0 Å². The standard InChI is InChI=1S/C19H17ClN4O4/c1-27-15-7-5-12(6-8-15)18-23-24-19(28-18)22-17(26)13-3-2-4-14(11-13)21-16(25)9-10-20/h2-8,11H,9-10H2,1H3,(H,21,25)(H,22,24,26). The maximum absolute atomic E-state index is 12.4. The van der Waals surface area contributed by atoms with Crippen LogP contribution in [0.4, 0.5) is 11.7 Å². The predicted molar refractivity (Wildman–Crippen MR) is 105 cm³/mol. The summed E-state index contributed by atoms with van der Waals surface area (Å²) in [7, 11) is 1.58. The van der Waals surface area contributed by atoms with Gasteiger partial charge in [-0.1, -0.05) is 11.2 Å². The van der Waals surface area contributed by atoms with E-state index in [-0.39, 0.29) is 30.1 Å². The molecule has 9 heteroatoms. The van der Waals surface area contributed by atoms with E-state index in [9.17, 15) is 9.59 Å². The highest BCUT2D eigenvalue weighted by Crippen LogP contribution is 2.23. The van der Waals surface area contributed by atoms with Crippen molar-refractivity contribution >= 4 is 35.1 Å². The lowest BCUT2D eigenvalue weighted by Gasteiger charge is -2.06. The molecule has 0 aliphatic carbocycles. The van der Waals surface area contributed by atoms with Crippen LogP contribution in [0.2, 0.25) is 0 Å². The molecule has 0 saturated carbocycles. The Morgan fingerprint density at radius 3 is 2.61 bits per heavy atom. The number of hydrogen-bond acceptors (Lipinski definition) is 6. The first-order chi connectivity index (χ1) is 13.6. The van der Waals surface area contributed by atoms with Gasteiger partial charge in [-0.25, -0.2) is 0 Å². The van der Waals surface area contributed by atoms with Crippen LogP contribution in [0, 0.1) is 0 Å². The molecule has 2 N–H and O–H groups in total. The van der Waals surface area contributed by atoms with Crippen molar-refractivity contribution in [1.29, 1.82) is 0 Å². The van der Waals surface area contributed by atoms with Gasteiger partial charge in [0.25, 0.3) is 5.91 Å². The van der Waals surface area contributed by atoms with Gasteiger partial charge < -0.3 is 14.5 Å². The monoisotopic (exact) mass is 400 g/mol. The largest absolute Gasteiger partial charge is 0.497 e. The second-order valence-corrected chi connectivity index (χ2v) is 6.04. The molecule has 0 spiro atoms. The van der Waals surface area contributed by atoms with E-state index in [1.807, 2.05) is 0 Å². The predicted octanol–water partition coefficient (Wildman–Crippen LogP) is 3.56. The molecule has 2 aromatic carbocycles. The van der Waals surface area contributed by atoms with Crippen LogP contribution in [0.25, 0.3) is 11.5 Å². The number of nitrogens with one attached hydrogen (secondary N) is 2. The highest BCUT2D eigenvalue weighted by molar-refractivity contribution is 6.19. The summed E-state index contributed by atoms with van der Waals surface area (Å²) >= 11 is 5.54. The average Bonchev–Trinajstić information content (AvgIpc) is 3.17. The molecule has 0 saturated heterocycles. The fourth-order valence-corrected chi connectivity index (χ4v) is 2.51. The van der Waals surface area contributed by atoms with E-state index in [4.69, 9.17) is 20.8 Å². The number of methoxy groups -OCH3 is 1. The molecule has 2 amide bonds. The number of rotatable bonds is 7. The molecule has 0 bridgehead atoms. The summed E-state index contributed by atoms with van der Waals surface area (Å²) in [6.07, 6.45) is 0.189. The maximum atomic E-state index is 12.4. The number of aromatic nitrogens is 2. The van der Waals surface area contributed by atoms with E-state index in [0.717, 1.165) is 0 Å². The summed E-state index contributed by atoms with van der Waals surface area (Å²) in [5.74, 6) is 0.515. The zero-order valence-electron chi connectivity index (χ0n) is 14.9. The molecule has 144 valence electrons. The van der Waals surface area contributed by atoms with Crippen molar-refractivity contribution in [1.82, 2.24) is 10.2 Å². The molecule has 8 nitrogen and oxygen atoms in total. The summed E-state index contributed by atoms with van der Waals surface area (Å²) in [4.78, 5) is 24.0. The Morgan fingerprint density at radius 1 is 1.11 bits per heavy atom. The molecule has 1 aromatic heterocycles. The van der Waals surface area contributed by atoms with Crippen molar-refractivity contribution in [2.24, 2.45) is 0 Å². The molecular weight excluding hydrogens is 384 g/mol. The Labute approximate surface area is 165 Å². The number of anilines is 2. The number of ether oxygens (including phenoxy) is 1. The van der Waals surface area contributed by atoms with Crippen LogP contribution in [0.1, 0.15) is 16.8 Å². The molecule has 0 unspecified atom stereocenters. The topological polar surface area (TPSA) is 106 Å². The van der Waals surface area contributed by atoms with Gasteiger partial charge in [0, 0.05) is 29.1 Å². The van der Waals surface area contributed by atoms with Crippen LogP contribution in [0.15, 0.2) is 52.9 Å². The van der Waals surface area contributed by atoms with Crippen LogP contribution >= 0.6 is 11.6 Å². The second-order valence-electron chi connectivity index (χ2n) is 5.66. The first kappa shape index (κ1) is 19.4. The molecule has 0 aliphatic rings. The molecule has 28 heavy (non-hydrogen) atoms. The third-order valence-corrected chi connectivity index (χ3v) is 3.90. The molecule has 3 aromatic rings. The Kier molecular flexibility index (Phi) is 6.23. The maximum Gasteiger partial charge on any atom is 0.322 e. The molecular formula is C19H17ClN4O4. The van der Waals surface area contributed by atoms with E-state index in [2.05, 4.69) is 20.8 Å². The number of nitrogens with zero attached hydrogens (tertiary/aromatic N) is 2. The fourth-order valence-electron chi connectivity index (χ4n) is 2.34. The Hall–Kier alpha value is -3.39. The first-order valence-corrected chi connectivity index (χ1v) is 8.87. The van der Waals surface area contributed by atoms with Gasteiger partial charge >= 0.3 is 6.01 Å². The summed E-state index contributed by atoms with van der Waals surface area (Å²) in [6, 6.07) is 13.5. The summed E-state index contributed by atoms with van der Waals surface area (Å²) in [5.41, 5.74) is 1.51. The number of alkyl halides is 1. The van der Waals surface area contributed by atoms with Gasteiger partial charge in [-0.05, 0) is 42.5 Å². The number of hydrogen-bond donors (Lipinski definition) is 2. The lowest BCUT2D eigenvalue weighted by atomic mass is 10.2. The van der Waals surface area contributed by atoms with Crippen LogP contribution < -0.4 is 15.4 Å². The Balaban J connectivity index is 1.68. The fraction of sp³-hybridized carbons (Fsp3) is 0.158. The van der Waals surface area contributed by atoms with Crippen LogP contribution in [-0.2, 0) is 4.79 Å². The molecule has 1 heterocycles. The minimum atomic E-state index is -0.446. The van der Waals surface area contributed by atoms with Crippen molar-refractivity contribution in [3.05, 3.63) is 54.1 Å². The van der Waals surface area contributed by atoms with E-state index >= 15 is 0 Å². The quantitative estimate of drug-likeness (QED) is 0.587. The number of amides is 2. The average molecular weight is 401 g/mol. The van der Waals surface area contributed by atoms with Gasteiger partial charge in [0.05, 0.1) is 7.11 Å². The smallest absolute Gasteiger partial charge is 0.322 e. The Morgan fingerprint density at radius 2 is 1.89 bits per heavy atom. The molecule has 0 atom stereocenters. The van der Waals surface area contributed by atoms with Crippen LogP contribution in [0.5, 0.6) is 5.75 Å². The second kappa shape index (κ2) is 9.01. The summed E-state index contributed by atoms with van der Waals surface area (Å²) < 4.78 is 10.6. The van der Waals surface area contributed by atoms with Gasteiger partial charge in [-0.3, -0.25) is 14.9 Å². The number of carbonyl (C=O) groups excluding carboxylic acids is 2. The normalized spacial score (nSPS) is 10.4. The molecule has 0 aliphatic heterocycles. The van der Waals surface area contributed by atoms with E-state index in [0.29, 0.717) is 22.6 Å². The lowest BCUT2D eigenvalue weighted by Crippen LogP contribution is -2.14. The van der Waals surface area contributed by atoms with Crippen molar-refractivity contribution in [2.75, 3.05) is 23.6 Å². The van der Waals surface area contributed by atoms with Gasteiger partial charge in [-0.15, -0.1) is 16.7 Å². The highest BCUT2D eigenvalue weighted by Gasteiger charge is 2.14. The minimum Gasteiger partial charge on any atom is -0.497 e. The van der Waals surface area contributed by atoms with E-state index in [1.165, 1.54) is 0 Å². The van der Waals surface area contributed by atoms with Crippen LogP contribution in [0.3, 0.4) is 0 Å². The van der Waals surface area contributed by atoms with Crippen molar-refractivity contribution in [3.8, 4) is 17.2 Å². The van der Waals surface area contributed by atoms with E-state index in [1.54, 1.807) is 55.6 Å². The number of benzene rings is 2. The zero-order valence-corrected chi connectivity index (χ0v) is 15.7. The number of halogens is 1. The number of carbonyl (C=O) groups is 2. The van der Waals surface area contributed by atoms with Crippen molar-refractivity contribution in [3.63, 3.8) is 0 Å².